The zero-order valence-corrected chi connectivity index (χ0v) is 16.5. The summed E-state index contributed by atoms with van der Waals surface area (Å²) in [6, 6.07) is 4.97. The van der Waals surface area contributed by atoms with Gasteiger partial charge in [0.05, 0.1) is 12.8 Å². The third kappa shape index (κ3) is 2.43. The minimum atomic E-state index is -0.120. The Morgan fingerprint density at radius 1 is 1.35 bits per heavy atom. The summed E-state index contributed by atoms with van der Waals surface area (Å²) in [6.45, 7) is 1.18. The Hall–Kier alpha value is -1.75. The Labute approximate surface area is 156 Å². The van der Waals surface area contributed by atoms with Crippen LogP contribution in [0.4, 0.5) is 10.5 Å². The summed E-state index contributed by atoms with van der Waals surface area (Å²) in [5.41, 5.74) is 4.07. The minimum absolute atomic E-state index is 0.120. The van der Waals surface area contributed by atoms with E-state index in [2.05, 4.69) is 29.4 Å². The topological polar surface area (TPSA) is 44.8 Å². The summed E-state index contributed by atoms with van der Waals surface area (Å²) in [5.74, 6) is 1.57. The zero-order chi connectivity index (χ0) is 18.5. The number of amides is 2. The van der Waals surface area contributed by atoms with Crippen LogP contribution in [0.2, 0.25) is 0 Å². The molecular weight excluding hydrogens is 326 g/mol. The maximum absolute atomic E-state index is 12.2. The van der Waals surface area contributed by atoms with Gasteiger partial charge in [0.1, 0.15) is 5.75 Å². The van der Waals surface area contributed by atoms with Gasteiger partial charge in [-0.3, -0.25) is 4.90 Å². The van der Waals surface area contributed by atoms with Gasteiger partial charge < -0.3 is 15.0 Å². The van der Waals surface area contributed by atoms with E-state index in [1.54, 1.807) is 26.1 Å². The van der Waals surface area contributed by atoms with Gasteiger partial charge in [0.25, 0.3) is 0 Å². The highest BCUT2D eigenvalue weighted by Crippen LogP contribution is 2.56. The van der Waals surface area contributed by atoms with Gasteiger partial charge in [-0.15, -0.1) is 0 Å². The van der Waals surface area contributed by atoms with Crippen LogP contribution in [0.25, 0.3) is 0 Å². The van der Waals surface area contributed by atoms with Gasteiger partial charge in [0, 0.05) is 25.6 Å². The number of urea groups is 1. The molecule has 0 radical (unpaired) electrons. The highest BCUT2D eigenvalue weighted by molar-refractivity contribution is 5.93. The molecular formula is C21H31N3O2. The van der Waals surface area contributed by atoms with Crippen molar-refractivity contribution in [2.45, 2.75) is 50.0 Å². The number of benzene rings is 1. The standard InChI is InChI=1S/C21H31N3O2/c1-22-20(25)24(3)18-12-14-11-17-15-7-5-6-8-21(15,9-10-23(17)2)16(14)13-19(18)26-4/h12-13,15,17H,5-11H2,1-4H3,(H,22,25)/t15?,17-,21+/m0/s1. The molecule has 1 saturated heterocycles. The number of ether oxygens (including phenoxy) is 1. The molecule has 2 fully saturated rings. The molecule has 5 heteroatoms. The van der Waals surface area contributed by atoms with Gasteiger partial charge >= 0.3 is 6.03 Å². The number of likely N-dealkylation sites (tertiary alicyclic amines) is 1. The molecule has 3 aliphatic rings. The van der Waals surface area contributed by atoms with Gasteiger partial charge in [0.15, 0.2) is 0 Å². The fraction of sp³-hybridized carbons (Fsp3) is 0.667. The molecule has 5 nitrogen and oxygen atoms in total. The molecule has 142 valence electrons. The van der Waals surface area contributed by atoms with E-state index in [0.717, 1.165) is 23.8 Å². The number of carbonyl (C=O) groups excluding carboxylic acids is 1. The van der Waals surface area contributed by atoms with Gasteiger partial charge in [-0.05, 0) is 68.5 Å². The Bertz CT molecular complexity index is 719. The summed E-state index contributed by atoms with van der Waals surface area (Å²) >= 11 is 0. The van der Waals surface area contributed by atoms with E-state index >= 15 is 0 Å². The molecule has 1 unspecified atom stereocenters. The van der Waals surface area contributed by atoms with E-state index in [1.807, 2.05) is 0 Å². The van der Waals surface area contributed by atoms with E-state index in [0.29, 0.717) is 11.5 Å². The maximum atomic E-state index is 12.2. The lowest BCUT2D eigenvalue weighted by molar-refractivity contribution is 0.00276. The second-order valence-corrected chi connectivity index (χ2v) is 8.31. The quantitative estimate of drug-likeness (QED) is 0.884. The van der Waals surface area contributed by atoms with Crippen molar-refractivity contribution in [3.8, 4) is 5.75 Å². The number of rotatable bonds is 2. The summed E-state index contributed by atoms with van der Waals surface area (Å²) in [5, 5.41) is 2.71. The van der Waals surface area contributed by atoms with E-state index < -0.39 is 0 Å². The first-order chi connectivity index (χ1) is 12.5. The maximum Gasteiger partial charge on any atom is 0.321 e. The smallest absolute Gasteiger partial charge is 0.321 e. The van der Waals surface area contributed by atoms with Crippen molar-refractivity contribution in [2.24, 2.45) is 5.92 Å². The van der Waals surface area contributed by atoms with E-state index in [1.165, 1.54) is 49.8 Å². The Morgan fingerprint density at radius 3 is 2.88 bits per heavy atom. The van der Waals surface area contributed by atoms with Crippen molar-refractivity contribution in [2.75, 3.05) is 39.7 Å². The molecule has 1 aromatic carbocycles. The predicted octanol–water partition coefficient (Wildman–Crippen LogP) is 3.16. The summed E-state index contributed by atoms with van der Waals surface area (Å²) in [7, 11) is 7.46. The second-order valence-electron chi connectivity index (χ2n) is 8.31. The number of likely N-dealkylation sites (N-methyl/N-ethyl adjacent to an activating group) is 1. The zero-order valence-electron chi connectivity index (χ0n) is 16.5. The average molecular weight is 357 g/mol. The Morgan fingerprint density at radius 2 is 2.15 bits per heavy atom. The normalized spacial score (nSPS) is 30.2. The van der Waals surface area contributed by atoms with Crippen molar-refractivity contribution in [1.29, 1.82) is 0 Å². The van der Waals surface area contributed by atoms with Crippen molar-refractivity contribution in [1.82, 2.24) is 10.2 Å². The second kappa shape index (κ2) is 6.45. The molecule has 3 atom stereocenters. The largest absolute Gasteiger partial charge is 0.495 e. The lowest BCUT2D eigenvalue weighted by atomic mass is 9.52. The van der Waals surface area contributed by atoms with Crippen molar-refractivity contribution >= 4 is 11.7 Å². The molecule has 2 aliphatic carbocycles. The van der Waals surface area contributed by atoms with Crippen LogP contribution in [0, 0.1) is 5.92 Å². The number of nitrogens with one attached hydrogen (secondary N) is 1. The van der Waals surface area contributed by atoms with Crippen LogP contribution in [0.5, 0.6) is 5.75 Å². The van der Waals surface area contributed by atoms with Crippen LogP contribution in [-0.2, 0) is 11.8 Å². The lowest BCUT2D eigenvalue weighted by Crippen LogP contribution is -2.59. The monoisotopic (exact) mass is 357 g/mol. The van der Waals surface area contributed by atoms with Gasteiger partial charge in [-0.25, -0.2) is 4.79 Å². The summed E-state index contributed by atoms with van der Waals surface area (Å²) < 4.78 is 5.73. The van der Waals surface area contributed by atoms with Crippen molar-refractivity contribution in [3.05, 3.63) is 23.3 Å². The lowest BCUT2D eigenvalue weighted by Gasteiger charge is -2.58. The third-order valence-electron chi connectivity index (χ3n) is 7.29. The summed E-state index contributed by atoms with van der Waals surface area (Å²) in [4.78, 5) is 16.4. The number of hydrogen-bond donors (Lipinski definition) is 1. The first kappa shape index (κ1) is 17.7. The number of carbonyl (C=O) groups is 1. The van der Waals surface area contributed by atoms with E-state index in [4.69, 9.17) is 4.74 Å². The van der Waals surface area contributed by atoms with Gasteiger partial charge in [-0.1, -0.05) is 12.8 Å². The first-order valence-corrected chi connectivity index (χ1v) is 9.89. The third-order valence-corrected chi connectivity index (χ3v) is 7.29. The number of fused-ring (bicyclic) bond motifs is 1. The SMILES string of the molecule is CNC(=O)N(C)c1cc2c(cc1OC)[C@@]13CCCCC1[C@H](C2)N(C)CC3. The molecule has 0 aromatic heterocycles. The number of anilines is 1. The van der Waals surface area contributed by atoms with Gasteiger partial charge in [0.2, 0.25) is 0 Å². The summed E-state index contributed by atoms with van der Waals surface area (Å²) in [6.07, 6.45) is 7.65. The minimum Gasteiger partial charge on any atom is -0.495 e. The van der Waals surface area contributed by atoms with Crippen LogP contribution in [0.15, 0.2) is 12.1 Å². The highest BCUT2D eigenvalue weighted by Gasteiger charge is 2.53. The number of hydrogen-bond acceptors (Lipinski definition) is 3. The highest BCUT2D eigenvalue weighted by atomic mass is 16.5. The van der Waals surface area contributed by atoms with Crippen molar-refractivity contribution < 1.29 is 9.53 Å². The molecule has 2 amide bonds. The molecule has 1 saturated carbocycles. The fourth-order valence-electron chi connectivity index (χ4n) is 5.93. The molecule has 0 spiro atoms. The van der Waals surface area contributed by atoms with Crippen LogP contribution < -0.4 is 15.0 Å². The Balaban J connectivity index is 1.85. The molecule has 1 aliphatic heterocycles. The molecule has 1 N–H and O–H groups in total. The Kier molecular flexibility index (Phi) is 4.38. The number of piperidine rings is 1. The van der Waals surface area contributed by atoms with Crippen molar-refractivity contribution in [3.63, 3.8) is 0 Å². The molecule has 2 bridgehead atoms. The molecule has 26 heavy (non-hydrogen) atoms. The van der Waals surface area contributed by atoms with E-state index in [-0.39, 0.29) is 6.03 Å². The molecule has 1 aromatic rings. The van der Waals surface area contributed by atoms with Crippen LogP contribution in [-0.4, -0.2) is 51.8 Å². The number of methoxy groups -OCH3 is 1. The number of nitrogens with zero attached hydrogens (tertiary/aromatic N) is 2. The van der Waals surface area contributed by atoms with Gasteiger partial charge in [-0.2, -0.15) is 0 Å². The molecule has 1 heterocycles. The fourth-order valence-corrected chi connectivity index (χ4v) is 5.93. The van der Waals surface area contributed by atoms with Crippen LogP contribution in [0.1, 0.15) is 43.2 Å². The predicted molar refractivity (Wildman–Crippen MR) is 104 cm³/mol. The molecule has 4 rings (SSSR count). The average Bonchev–Trinajstić information content (AvgIpc) is 2.68. The van der Waals surface area contributed by atoms with E-state index in [9.17, 15) is 4.79 Å². The van der Waals surface area contributed by atoms with Crippen LogP contribution in [0.3, 0.4) is 0 Å². The van der Waals surface area contributed by atoms with Crippen LogP contribution >= 0.6 is 0 Å². The first-order valence-electron chi connectivity index (χ1n) is 9.89.